The molecule has 246 valence electrons. The minimum absolute atomic E-state index is 0.0202. The smallest absolute Gasteiger partial charge is 0.410 e. The van der Waals surface area contributed by atoms with Crippen molar-refractivity contribution in [3.05, 3.63) is 47.5 Å². The number of nitrogens with one attached hydrogen (secondary N) is 2. The van der Waals surface area contributed by atoms with Gasteiger partial charge in [-0.1, -0.05) is 6.92 Å². The molecule has 1 saturated heterocycles. The van der Waals surface area contributed by atoms with Crippen LogP contribution in [0.25, 0.3) is 22.2 Å². The number of aromatic amines is 1. The molecule has 1 atom stereocenters. The van der Waals surface area contributed by atoms with E-state index in [1.165, 1.54) is 0 Å². The lowest BCUT2D eigenvalue weighted by Crippen LogP contribution is -2.50. The van der Waals surface area contributed by atoms with Crippen LogP contribution < -0.4 is 5.32 Å². The van der Waals surface area contributed by atoms with E-state index in [1.54, 1.807) is 23.5 Å². The van der Waals surface area contributed by atoms with Gasteiger partial charge >= 0.3 is 12.3 Å². The molecule has 0 bridgehead atoms. The van der Waals surface area contributed by atoms with Gasteiger partial charge in [-0.25, -0.2) is 9.78 Å². The van der Waals surface area contributed by atoms with Crippen molar-refractivity contribution in [3.63, 3.8) is 0 Å². The first-order chi connectivity index (χ1) is 21.2. The number of nitrogens with zero attached hydrogens (tertiary/aromatic N) is 4. The minimum atomic E-state index is -4.44. The summed E-state index contributed by atoms with van der Waals surface area (Å²) in [4.78, 5) is 40.6. The lowest BCUT2D eigenvalue weighted by molar-refractivity contribution is -0.138. The molecule has 1 unspecified atom stereocenters. The molecule has 4 heterocycles. The normalized spacial score (nSPS) is 15.3. The molecule has 2 N–H and O–H groups in total. The van der Waals surface area contributed by atoms with Crippen molar-refractivity contribution in [2.75, 3.05) is 45.9 Å². The van der Waals surface area contributed by atoms with Gasteiger partial charge in [0.2, 0.25) is 5.91 Å². The lowest BCUT2D eigenvalue weighted by Gasteiger charge is -2.35. The van der Waals surface area contributed by atoms with Gasteiger partial charge in [0.15, 0.2) is 0 Å². The van der Waals surface area contributed by atoms with Crippen LogP contribution in [0.2, 0.25) is 0 Å². The number of ether oxygens (including phenoxy) is 2. The van der Waals surface area contributed by atoms with Crippen molar-refractivity contribution in [2.45, 2.75) is 65.8 Å². The van der Waals surface area contributed by atoms with Crippen LogP contribution in [0.15, 0.2) is 30.9 Å². The molecule has 0 saturated carbocycles. The largest absolute Gasteiger partial charge is 0.444 e. The van der Waals surface area contributed by atoms with Crippen molar-refractivity contribution in [1.29, 1.82) is 0 Å². The average Bonchev–Trinajstić information content (AvgIpc) is 3.37. The zero-order valence-corrected chi connectivity index (χ0v) is 26.6. The first-order valence-electron chi connectivity index (χ1n) is 15.2. The molecule has 2 amide bonds. The molecule has 1 aliphatic heterocycles. The van der Waals surface area contributed by atoms with E-state index in [0.717, 1.165) is 52.8 Å². The Morgan fingerprint density at radius 2 is 1.82 bits per heavy atom. The van der Waals surface area contributed by atoms with Gasteiger partial charge in [-0.2, -0.15) is 13.2 Å². The third-order valence-corrected chi connectivity index (χ3v) is 7.57. The molecule has 3 aromatic rings. The van der Waals surface area contributed by atoms with Crippen LogP contribution in [0.4, 0.5) is 18.0 Å². The second kappa shape index (κ2) is 14.6. The summed E-state index contributed by atoms with van der Waals surface area (Å²) in [6.45, 7) is 12.5. The molecule has 10 nitrogen and oxygen atoms in total. The zero-order chi connectivity index (χ0) is 32.8. The number of amides is 2. The maximum Gasteiger partial charge on any atom is 0.410 e. The summed E-state index contributed by atoms with van der Waals surface area (Å²) in [5, 5.41) is 2.86. The van der Waals surface area contributed by atoms with Gasteiger partial charge in [0, 0.05) is 80.4 Å². The Morgan fingerprint density at radius 3 is 2.51 bits per heavy atom. The van der Waals surface area contributed by atoms with E-state index in [4.69, 9.17) is 9.47 Å². The summed E-state index contributed by atoms with van der Waals surface area (Å²) < 4.78 is 49.0. The maximum atomic E-state index is 12.5. The van der Waals surface area contributed by atoms with Crippen LogP contribution in [0.3, 0.4) is 0 Å². The van der Waals surface area contributed by atoms with Gasteiger partial charge in [-0.3, -0.25) is 14.7 Å². The number of aromatic nitrogens is 3. The number of alkyl halides is 3. The van der Waals surface area contributed by atoms with Crippen LogP contribution in [-0.2, 0) is 27.3 Å². The number of halogens is 3. The van der Waals surface area contributed by atoms with Gasteiger partial charge in [-0.15, -0.1) is 0 Å². The van der Waals surface area contributed by atoms with E-state index >= 15 is 0 Å². The van der Waals surface area contributed by atoms with Crippen LogP contribution >= 0.6 is 0 Å². The van der Waals surface area contributed by atoms with E-state index in [9.17, 15) is 22.8 Å². The van der Waals surface area contributed by atoms with Crippen molar-refractivity contribution in [3.8, 4) is 11.1 Å². The average molecular weight is 633 g/mol. The molecule has 0 aliphatic carbocycles. The Kier molecular flexibility index (Phi) is 11.1. The second-order valence-electron chi connectivity index (χ2n) is 12.7. The summed E-state index contributed by atoms with van der Waals surface area (Å²) in [5.74, 6) is -0.817. The lowest BCUT2D eigenvalue weighted by atomic mass is 9.90. The number of carbonyl (C=O) groups is 2. The Bertz CT molecular complexity index is 1460. The summed E-state index contributed by atoms with van der Waals surface area (Å²) >= 11 is 0. The fourth-order valence-corrected chi connectivity index (χ4v) is 5.32. The minimum Gasteiger partial charge on any atom is -0.444 e. The first-order valence-corrected chi connectivity index (χ1v) is 15.2. The third-order valence-electron chi connectivity index (χ3n) is 7.57. The van der Waals surface area contributed by atoms with E-state index in [1.807, 2.05) is 52.2 Å². The monoisotopic (exact) mass is 632 g/mol. The van der Waals surface area contributed by atoms with Crippen molar-refractivity contribution in [2.24, 2.45) is 5.92 Å². The topological polar surface area (TPSA) is 113 Å². The number of pyridine rings is 2. The van der Waals surface area contributed by atoms with Crippen molar-refractivity contribution < 1.29 is 32.2 Å². The molecule has 1 fully saturated rings. The molecular weight excluding hydrogens is 589 g/mol. The molecule has 0 radical (unpaired) electrons. The molecule has 0 aromatic carbocycles. The number of H-pyrrole nitrogens is 1. The SMILES string of the molecule is Cc1cncc(-c2c[nH]c3ncc(COCCN4CCN(C(=O)OC(C)(C)C)CC4)cc23)c1CC(C)CC(=O)NCC(F)(F)F. The Balaban J connectivity index is 1.34. The fourth-order valence-electron chi connectivity index (χ4n) is 5.32. The predicted octanol–water partition coefficient (Wildman–Crippen LogP) is 5.25. The van der Waals surface area contributed by atoms with Crippen LogP contribution in [0.1, 0.15) is 50.8 Å². The third kappa shape index (κ3) is 10.1. The number of aryl methyl sites for hydroxylation is 1. The second-order valence-corrected chi connectivity index (χ2v) is 12.7. The van der Waals surface area contributed by atoms with Crippen molar-refractivity contribution >= 4 is 23.0 Å². The molecule has 4 rings (SSSR count). The number of rotatable bonds is 11. The van der Waals surface area contributed by atoms with Crippen LogP contribution in [0.5, 0.6) is 0 Å². The summed E-state index contributed by atoms with van der Waals surface area (Å²) in [6.07, 6.45) is 2.93. The van der Waals surface area contributed by atoms with Gasteiger partial charge in [0.25, 0.3) is 0 Å². The molecule has 45 heavy (non-hydrogen) atoms. The maximum absolute atomic E-state index is 12.5. The summed E-state index contributed by atoms with van der Waals surface area (Å²) in [7, 11) is 0. The number of hydrogen-bond acceptors (Lipinski definition) is 7. The van der Waals surface area contributed by atoms with E-state index in [-0.39, 0.29) is 18.4 Å². The first kappa shape index (κ1) is 34.2. The van der Waals surface area contributed by atoms with Crippen LogP contribution in [-0.4, -0.2) is 94.4 Å². The highest BCUT2D eigenvalue weighted by Gasteiger charge is 2.28. The predicted molar refractivity (Wildman–Crippen MR) is 165 cm³/mol. The highest BCUT2D eigenvalue weighted by molar-refractivity contribution is 5.94. The molecule has 13 heteroatoms. The molecular formula is C32H43F3N6O4. The Hall–Kier alpha value is -3.71. The van der Waals surface area contributed by atoms with E-state index in [0.29, 0.717) is 38.4 Å². The zero-order valence-electron chi connectivity index (χ0n) is 26.6. The fraction of sp³-hybridized carbons (Fsp3) is 0.562. The quantitative estimate of drug-likeness (QED) is 0.278. The molecule has 0 spiro atoms. The highest BCUT2D eigenvalue weighted by atomic mass is 19.4. The summed E-state index contributed by atoms with van der Waals surface area (Å²) in [6, 6.07) is 2.04. The van der Waals surface area contributed by atoms with Gasteiger partial charge in [-0.05, 0) is 62.8 Å². The standard InChI is InChI=1S/C32H43F3N6O4/c1-21(13-28(42)39-20-32(33,34)35)12-24-22(2)15-36-17-26(24)27-18-38-29-25(27)14-23(16-37-29)19-44-11-10-40-6-8-41(9-7-40)30(43)45-31(3,4)5/h14-18,21H,6-13,19-20H2,1-5H3,(H,37,38)(H,39,42). The van der Waals surface area contributed by atoms with Gasteiger partial charge in [0.05, 0.1) is 13.2 Å². The highest BCUT2D eigenvalue weighted by Crippen LogP contribution is 2.33. The van der Waals surface area contributed by atoms with E-state index in [2.05, 4.69) is 19.9 Å². The Morgan fingerprint density at radius 1 is 1.09 bits per heavy atom. The number of hydrogen-bond donors (Lipinski definition) is 2. The number of carbonyl (C=O) groups excluding carboxylic acids is 2. The van der Waals surface area contributed by atoms with Gasteiger partial charge < -0.3 is 24.7 Å². The van der Waals surface area contributed by atoms with Crippen molar-refractivity contribution in [1.82, 2.24) is 30.1 Å². The van der Waals surface area contributed by atoms with Crippen LogP contribution in [0, 0.1) is 12.8 Å². The van der Waals surface area contributed by atoms with E-state index < -0.39 is 24.2 Å². The summed E-state index contributed by atoms with van der Waals surface area (Å²) in [5.41, 5.74) is 4.82. The Labute approximate surface area is 261 Å². The van der Waals surface area contributed by atoms with Gasteiger partial charge in [0.1, 0.15) is 17.8 Å². The number of fused-ring (bicyclic) bond motifs is 1. The molecule has 1 aliphatic rings. The molecule has 3 aromatic heterocycles. The number of piperazine rings is 1.